The Morgan fingerprint density at radius 3 is 2.47 bits per heavy atom. The van der Waals surface area contributed by atoms with Gasteiger partial charge in [-0.3, -0.25) is 0 Å². The number of rotatable bonds is 8. The zero-order valence-corrected chi connectivity index (χ0v) is 12.3. The molecule has 2 aliphatic carbocycles. The molecule has 2 saturated carbocycles. The quantitative estimate of drug-likeness (QED) is 0.731. The molecule has 1 saturated heterocycles. The van der Waals surface area contributed by atoms with Gasteiger partial charge < -0.3 is 15.0 Å². The fourth-order valence-electron chi connectivity index (χ4n) is 3.40. The summed E-state index contributed by atoms with van der Waals surface area (Å²) in [6, 6.07) is 0.838. The Balaban J connectivity index is 1.31. The molecule has 3 fully saturated rings. The van der Waals surface area contributed by atoms with Gasteiger partial charge >= 0.3 is 0 Å². The van der Waals surface area contributed by atoms with Crippen LogP contribution in [-0.2, 0) is 4.74 Å². The van der Waals surface area contributed by atoms with E-state index < -0.39 is 0 Å². The summed E-state index contributed by atoms with van der Waals surface area (Å²) in [6.07, 6.45) is 12.2. The van der Waals surface area contributed by atoms with Crippen molar-refractivity contribution in [1.82, 2.24) is 10.2 Å². The normalized spacial score (nSPS) is 27.2. The molecule has 3 aliphatic rings. The Bertz CT molecular complexity index is 268. The second-order valence-electron chi connectivity index (χ2n) is 6.77. The Labute approximate surface area is 118 Å². The van der Waals surface area contributed by atoms with Crippen LogP contribution in [0.1, 0.15) is 57.8 Å². The van der Waals surface area contributed by atoms with Gasteiger partial charge in [-0.05, 0) is 71.0 Å². The van der Waals surface area contributed by atoms with Crippen molar-refractivity contribution in [3.63, 3.8) is 0 Å². The number of piperidine rings is 1. The van der Waals surface area contributed by atoms with E-state index in [0.29, 0.717) is 0 Å². The van der Waals surface area contributed by atoms with E-state index in [2.05, 4.69) is 10.2 Å². The molecule has 1 heterocycles. The summed E-state index contributed by atoms with van der Waals surface area (Å²) in [5, 5.41) is 3.63. The highest BCUT2D eigenvalue weighted by molar-refractivity contribution is 4.91. The minimum Gasteiger partial charge on any atom is -0.374 e. The van der Waals surface area contributed by atoms with E-state index in [0.717, 1.165) is 25.7 Å². The molecule has 19 heavy (non-hydrogen) atoms. The van der Waals surface area contributed by atoms with Gasteiger partial charge in [0, 0.05) is 12.6 Å². The van der Waals surface area contributed by atoms with E-state index in [1.54, 1.807) is 0 Å². The van der Waals surface area contributed by atoms with Crippen LogP contribution in [0.5, 0.6) is 0 Å². The summed E-state index contributed by atoms with van der Waals surface area (Å²) in [5.41, 5.74) is 0.248. The molecule has 1 N–H and O–H groups in total. The zero-order chi connectivity index (χ0) is 13.0. The third-order valence-electron chi connectivity index (χ3n) is 5.12. The molecule has 1 aliphatic heterocycles. The van der Waals surface area contributed by atoms with Crippen LogP contribution in [0.4, 0.5) is 0 Å². The summed E-state index contributed by atoms with van der Waals surface area (Å²) < 4.78 is 6.29. The SMILES string of the molecule is C1CCN(CCOC2(CCNC3CC3)CCC2)CC1. The molecule has 3 heteroatoms. The van der Waals surface area contributed by atoms with Crippen LogP contribution in [0, 0.1) is 0 Å². The number of ether oxygens (including phenoxy) is 1. The van der Waals surface area contributed by atoms with Crippen LogP contribution in [0.2, 0.25) is 0 Å². The molecule has 3 nitrogen and oxygen atoms in total. The number of nitrogens with one attached hydrogen (secondary N) is 1. The van der Waals surface area contributed by atoms with Gasteiger partial charge in [0.05, 0.1) is 12.2 Å². The van der Waals surface area contributed by atoms with E-state index in [-0.39, 0.29) is 5.60 Å². The van der Waals surface area contributed by atoms with Gasteiger partial charge in [-0.2, -0.15) is 0 Å². The molecule has 0 spiro atoms. The van der Waals surface area contributed by atoms with Crippen LogP contribution in [0.15, 0.2) is 0 Å². The lowest BCUT2D eigenvalue weighted by atomic mass is 9.77. The molecule has 0 radical (unpaired) electrons. The third kappa shape index (κ3) is 4.17. The molecule has 0 amide bonds. The van der Waals surface area contributed by atoms with Crippen molar-refractivity contribution < 1.29 is 4.74 Å². The fraction of sp³-hybridized carbons (Fsp3) is 1.00. The first kappa shape index (κ1) is 13.8. The van der Waals surface area contributed by atoms with Crippen molar-refractivity contribution in [1.29, 1.82) is 0 Å². The molecular formula is C16H30N2O. The van der Waals surface area contributed by atoms with Crippen LogP contribution < -0.4 is 5.32 Å². The lowest BCUT2D eigenvalue weighted by Gasteiger charge is -2.42. The van der Waals surface area contributed by atoms with Gasteiger partial charge in [0.15, 0.2) is 0 Å². The van der Waals surface area contributed by atoms with Gasteiger partial charge in [-0.15, -0.1) is 0 Å². The standard InChI is InChI=1S/C16H30N2O/c1-2-11-18(12-3-1)13-14-19-16(7-4-8-16)9-10-17-15-5-6-15/h15,17H,1-14H2. The molecule has 0 aromatic rings. The molecule has 0 atom stereocenters. The van der Waals surface area contributed by atoms with Gasteiger partial charge in [-0.25, -0.2) is 0 Å². The summed E-state index contributed by atoms with van der Waals surface area (Å²) in [5.74, 6) is 0. The minimum absolute atomic E-state index is 0.248. The van der Waals surface area contributed by atoms with E-state index in [9.17, 15) is 0 Å². The number of hydrogen-bond acceptors (Lipinski definition) is 3. The van der Waals surface area contributed by atoms with Crippen molar-refractivity contribution in [2.45, 2.75) is 69.4 Å². The smallest absolute Gasteiger partial charge is 0.0695 e. The van der Waals surface area contributed by atoms with Crippen LogP contribution in [-0.4, -0.2) is 49.3 Å². The second-order valence-corrected chi connectivity index (χ2v) is 6.77. The maximum absolute atomic E-state index is 6.29. The van der Waals surface area contributed by atoms with Crippen molar-refractivity contribution >= 4 is 0 Å². The summed E-state index contributed by atoms with van der Waals surface area (Å²) in [7, 11) is 0. The molecule has 0 bridgehead atoms. The molecule has 0 aromatic heterocycles. The first-order chi connectivity index (χ1) is 9.36. The summed E-state index contributed by atoms with van der Waals surface area (Å²) in [4.78, 5) is 2.58. The monoisotopic (exact) mass is 266 g/mol. The van der Waals surface area contributed by atoms with E-state index in [1.165, 1.54) is 70.9 Å². The predicted octanol–water partition coefficient (Wildman–Crippen LogP) is 2.55. The topological polar surface area (TPSA) is 24.5 Å². The minimum atomic E-state index is 0.248. The molecule has 0 aromatic carbocycles. The van der Waals surface area contributed by atoms with Gasteiger partial charge in [0.2, 0.25) is 0 Å². The molecule has 110 valence electrons. The Kier molecular flexibility index (Phi) is 4.78. The summed E-state index contributed by atoms with van der Waals surface area (Å²) in [6.45, 7) is 5.84. The van der Waals surface area contributed by atoms with Crippen molar-refractivity contribution in [2.24, 2.45) is 0 Å². The third-order valence-corrected chi connectivity index (χ3v) is 5.12. The van der Waals surface area contributed by atoms with Crippen LogP contribution in [0.25, 0.3) is 0 Å². The van der Waals surface area contributed by atoms with E-state index in [1.807, 2.05) is 0 Å². The maximum atomic E-state index is 6.29. The largest absolute Gasteiger partial charge is 0.374 e. The first-order valence-electron chi connectivity index (χ1n) is 8.46. The average molecular weight is 266 g/mol. The Hall–Kier alpha value is -0.120. The van der Waals surface area contributed by atoms with Crippen molar-refractivity contribution in [2.75, 3.05) is 32.8 Å². The average Bonchev–Trinajstić information content (AvgIpc) is 3.20. The first-order valence-corrected chi connectivity index (χ1v) is 8.46. The van der Waals surface area contributed by atoms with Gasteiger partial charge in [-0.1, -0.05) is 6.42 Å². The Morgan fingerprint density at radius 2 is 1.84 bits per heavy atom. The highest BCUT2D eigenvalue weighted by atomic mass is 16.5. The van der Waals surface area contributed by atoms with E-state index >= 15 is 0 Å². The lowest BCUT2D eigenvalue weighted by Crippen LogP contribution is -2.44. The van der Waals surface area contributed by atoms with Gasteiger partial charge in [0.25, 0.3) is 0 Å². The highest BCUT2D eigenvalue weighted by Crippen LogP contribution is 2.38. The van der Waals surface area contributed by atoms with E-state index in [4.69, 9.17) is 4.74 Å². The molecule has 3 rings (SSSR count). The highest BCUT2D eigenvalue weighted by Gasteiger charge is 2.37. The van der Waals surface area contributed by atoms with Crippen LogP contribution in [0.3, 0.4) is 0 Å². The van der Waals surface area contributed by atoms with Crippen LogP contribution >= 0.6 is 0 Å². The Morgan fingerprint density at radius 1 is 1.05 bits per heavy atom. The molecule has 0 unspecified atom stereocenters. The zero-order valence-electron chi connectivity index (χ0n) is 12.3. The number of hydrogen-bond donors (Lipinski definition) is 1. The van der Waals surface area contributed by atoms with Crippen molar-refractivity contribution in [3.8, 4) is 0 Å². The maximum Gasteiger partial charge on any atom is 0.0695 e. The number of likely N-dealkylation sites (tertiary alicyclic amines) is 1. The molecular weight excluding hydrogens is 236 g/mol. The fourth-order valence-corrected chi connectivity index (χ4v) is 3.40. The second kappa shape index (κ2) is 6.55. The van der Waals surface area contributed by atoms with Gasteiger partial charge in [0.1, 0.15) is 0 Å². The van der Waals surface area contributed by atoms with Crippen molar-refractivity contribution in [3.05, 3.63) is 0 Å². The lowest BCUT2D eigenvalue weighted by molar-refractivity contribution is -0.109. The predicted molar refractivity (Wildman–Crippen MR) is 78.5 cm³/mol. The summed E-state index contributed by atoms with van der Waals surface area (Å²) >= 11 is 0. The number of nitrogens with zero attached hydrogens (tertiary/aromatic N) is 1.